The van der Waals surface area contributed by atoms with E-state index in [0.717, 1.165) is 12.5 Å². The molecule has 3 aromatic carbocycles. The lowest BCUT2D eigenvalue weighted by Gasteiger charge is -2.56. The van der Waals surface area contributed by atoms with Crippen LogP contribution in [0.15, 0.2) is 65.6 Å². The number of hydrogen-bond acceptors (Lipinski definition) is 4. The molecule has 2 unspecified atom stereocenters. The summed E-state index contributed by atoms with van der Waals surface area (Å²) < 4.78 is 55.6. The first-order valence-electron chi connectivity index (χ1n) is 11.6. The highest BCUT2D eigenvalue weighted by atomic mass is 35.5. The zero-order chi connectivity index (χ0) is 25.8. The van der Waals surface area contributed by atoms with E-state index in [0.29, 0.717) is 18.4 Å². The summed E-state index contributed by atoms with van der Waals surface area (Å²) in [6.07, 6.45) is 1.46. The SMILES string of the molecule is CC1(O)C2CC1CC(S(=O)(=O)c1cc(C(=O)Nc3cc(F)c(F)c(-c4ccccc4)c3)ccc1Cl)C2. The van der Waals surface area contributed by atoms with Gasteiger partial charge >= 0.3 is 0 Å². The highest BCUT2D eigenvalue weighted by Crippen LogP contribution is 2.55. The molecule has 1 amide bonds. The second-order valence-electron chi connectivity index (χ2n) is 9.78. The average Bonchev–Trinajstić information content (AvgIpc) is 2.86. The molecule has 2 bridgehead atoms. The molecule has 0 spiro atoms. The van der Waals surface area contributed by atoms with Crippen molar-refractivity contribution in [3.8, 4) is 11.1 Å². The van der Waals surface area contributed by atoms with Crippen LogP contribution in [0.1, 0.15) is 36.5 Å². The van der Waals surface area contributed by atoms with Gasteiger partial charge in [-0.2, -0.15) is 0 Å². The monoisotopic (exact) mass is 531 g/mol. The minimum absolute atomic E-state index is 0.00301. The number of hydrogen-bond donors (Lipinski definition) is 2. The zero-order valence-corrected chi connectivity index (χ0v) is 20.9. The number of anilines is 1. The van der Waals surface area contributed by atoms with E-state index in [1.165, 1.54) is 24.3 Å². The second kappa shape index (κ2) is 8.94. The molecule has 3 aromatic rings. The Kier molecular flexibility index (Phi) is 6.17. The summed E-state index contributed by atoms with van der Waals surface area (Å²) in [5, 5.41) is 12.3. The van der Waals surface area contributed by atoms with Gasteiger partial charge in [0, 0.05) is 22.9 Å². The number of rotatable bonds is 5. The fourth-order valence-corrected chi connectivity index (χ4v) is 7.78. The molecule has 2 N–H and O–H groups in total. The van der Waals surface area contributed by atoms with Crippen LogP contribution in [0.4, 0.5) is 14.5 Å². The van der Waals surface area contributed by atoms with Gasteiger partial charge in [0.05, 0.1) is 20.8 Å². The minimum Gasteiger partial charge on any atom is -0.390 e. The van der Waals surface area contributed by atoms with E-state index in [1.807, 2.05) is 0 Å². The number of aliphatic hydroxyl groups is 1. The summed E-state index contributed by atoms with van der Waals surface area (Å²) in [7, 11) is -3.86. The molecule has 0 saturated heterocycles. The van der Waals surface area contributed by atoms with Gasteiger partial charge in [0.25, 0.3) is 5.91 Å². The number of nitrogens with one attached hydrogen (secondary N) is 1. The minimum atomic E-state index is -3.86. The third-order valence-electron chi connectivity index (χ3n) is 7.63. The number of halogens is 3. The Labute approximate surface area is 213 Å². The summed E-state index contributed by atoms with van der Waals surface area (Å²) in [5.74, 6) is -3.04. The maximum atomic E-state index is 14.4. The molecule has 0 aromatic heterocycles. The van der Waals surface area contributed by atoms with Crippen molar-refractivity contribution >= 4 is 33.0 Å². The quantitative estimate of drug-likeness (QED) is 0.432. The molecule has 36 heavy (non-hydrogen) atoms. The molecular formula is C27H24ClF2NO4S. The lowest BCUT2D eigenvalue weighted by atomic mass is 9.54. The second-order valence-corrected chi connectivity index (χ2v) is 12.4. The van der Waals surface area contributed by atoms with Crippen LogP contribution < -0.4 is 5.32 Å². The van der Waals surface area contributed by atoms with Gasteiger partial charge in [-0.1, -0.05) is 41.9 Å². The van der Waals surface area contributed by atoms with Crippen LogP contribution in [0.2, 0.25) is 5.02 Å². The van der Waals surface area contributed by atoms with Gasteiger partial charge in [-0.25, -0.2) is 17.2 Å². The molecule has 3 fully saturated rings. The number of sulfone groups is 1. The standard InChI is InChI=1S/C27H24ClF2NO4S/c1-27(33)17-10-18(27)12-20(11-17)36(34,35)24-9-16(7-8-22(24)28)26(32)31-19-13-21(25(30)23(29)14-19)15-5-3-2-4-6-15/h2-9,13-14,17-18,20,33H,10-12H2,1H3,(H,31,32). The van der Waals surface area contributed by atoms with E-state index in [4.69, 9.17) is 11.6 Å². The van der Waals surface area contributed by atoms with Crippen molar-refractivity contribution in [1.29, 1.82) is 0 Å². The first-order valence-corrected chi connectivity index (χ1v) is 13.5. The van der Waals surface area contributed by atoms with Crippen molar-refractivity contribution in [2.24, 2.45) is 11.8 Å². The van der Waals surface area contributed by atoms with E-state index < -0.39 is 38.2 Å². The van der Waals surface area contributed by atoms with Gasteiger partial charge in [-0.3, -0.25) is 4.79 Å². The lowest BCUT2D eigenvalue weighted by molar-refractivity contribution is -0.162. The normalized spacial score (nSPS) is 25.2. The average molecular weight is 532 g/mol. The number of carbonyl (C=O) groups is 1. The lowest BCUT2D eigenvalue weighted by Crippen LogP contribution is -2.60. The summed E-state index contributed by atoms with van der Waals surface area (Å²) >= 11 is 6.24. The Bertz CT molecular complexity index is 1450. The Morgan fingerprint density at radius 3 is 2.33 bits per heavy atom. The van der Waals surface area contributed by atoms with Gasteiger partial charge in [0.15, 0.2) is 21.5 Å². The third-order valence-corrected chi connectivity index (χ3v) is 10.3. The van der Waals surface area contributed by atoms with Gasteiger partial charge < -0.3 is 10.4 Å². The Balaban J connectivity index is 1.41. The van der Waals surface area contributed by atoms with E-state index in [9.17, 15) is 27.1 Å². The summed E-state index contributed by atoms with van der Waals surface area (Å²) in [6.45, 7) is 1.74. The highest BCUT2D eigenvalue weighted by Gasteiger charge is 2.57. The summed E-state index contributed by atoms with van der Waals surface area (Å²) in [6, 6.07) is 14.5. The fraction of sp³-hybridized carbons (Fsp3) is 0.296. The predicted molar refractivity (Wildman–Crippen MR) is 134 cm³/mol. The van der Waals surface area contributed by atoms with E-state index in [1.54, 1.807) is 37.3 Å². The Hall–Kier alpha value is -2.81. The van der Waals surface area contributed by atoms with Crippen LogP contribution in [0, 0.1) is 23.5 Å². The first-order chi connectivity index (χ1) is 17.0. The zero-order valence-electron chi connectivity index (χ0n) is 19.3. The molecular weight excluding hydrogens is 508 g/mol. The molecule has 3 aliphatic carbocycles. The van der Waals surface area contributed by atoms with Gasteiger partial charge in [0.2, 0.25) is 0 Å². The number of benzene rings is 3. The maximum absolute atomic E-state index is 14.4. The van der Waals surface area contributed by atoms with Crippen LogP contribution in [0.5, 0.6) is 0 Å². The van der Waals surface area contributed by atoms with Crippen LogP contribution in [0.25, 0.3) is 11.1 Å². The van der Waals surface area contributed by atoms with Gasteiger partial charge in [-0.15, -0.1) is 0 Å². The molecule has 0 radical (unpaired) electrons. The van der Waals surface area contributed by atoms with Crippen LogP contribution in [-0.2, 0) is 9.84 Å². The smallest absolute Gasteiger partial charge is 0.255 e. The topological polar surface area (TPSA) is 83.5 Å². The molecule has 188 valence electrons. The van der Waals surface area contributed by atoms with Gasteiger partial charge in [-0.05, 0) is 67.9 Å². The Morgan fingerprint density at radius 1 is 1.03 bits per heavy atom. The molecule has 3 aliphatic rings. The van der Waals surface area contributed by atoms with Crippen molar-refractivity contribution in [1.82, 2.24) is 0 Å². The number of carbonyl (C=O) groups excluding carboxylic acids is 1. The van der Waals surface area contributed by atoms with Crippen LogP contribution >= 0.6 is 11.6 Å². The molecule has 9 heteroatoms. The third kappa shape index (κ3) is 4.21. The van der Waals surface area contributed by atoms with E-state index in [2.05, 4.69) is 5.32 Å². The molecule has 0 heterocycles. The predicted octanol–water partition coefficient (Wildman–Crippen LogP) is 5.86. The van der Waals surface area contributed by atoms with Gasteiger partial charge in [0.1, 0.15) is 0 Å². The number of fused-ring (bicyclic) bond motifs is 2. The van der Waals surface area contributed by atoms with Crippen LogP contribution in [-0.4, -0.2) is 30.3 Å². The molecule has 0 aliphatic heterocycles. The highest BCUT2D eigenvalue weighted by molar-refractivity contribution is 7.92. The van der Waals surface area contributed by atoms with Crippen molar-refractivity contribution in [3.05, 3.63) is 82.9 Å². The summed E-state index contributed by atoms with van der Waals surface area (Å²) in [4.78, 5) is 12.8. The fourth-order valence-electron chi connectivity index (χ4n) is 5.38. The molecule has 2 atom stereocenters. The van der Waals surface area contributed by atoms with Crippen molar-refractivity contribution < 1.29 is 27.1 Å². The van der Waals surface area contributed by atoms with Crippen LogP contribution in [0.3, 0.4) is 0 Å². The molecule has 3 saturated carbocycles. The Morgan fingerprint density at radius 2 is 1.69 bits per heavy atom. The molecule has 5 nitrogen and oxygen atoms in total. The summed E-state index contributed by atoms with van der Waals surface area (Å²) in [5.41, 5.74) is -0.393. The van der Waals surface area contributed by atoms with Crippen molar-refractivity contribution in [3.63, 3.8) is 0 Å². The largest absolute Gasteiger partial charge is 0.390 e. The van der Waals surface area contributed by atoms with E-state index in [-0.39, 0.29) is 38.6 Å². The number of amides is 1. The first kappa shape index (κ1) is 24.9. The maximum Gasteiger partial charge on any atom is 0.255 e. The molecule has 6 rings (SSSR count). The van der Waals surface area contributed by atoms with Crippen molar-refractivity contribution in [2.45, 2.75) is 41.9 Å². The van der Waals surface area contributed by atoms with E-state index >= 15 is 0 Å². The van der Waals surface area contributed by atoms with Crippen molar-refractivity contribution in [2.75, 3.05) is 5.32 Å².